The maximum atomic E-state index is 8.89. The van der Waals surface area contributed by atoms with Gasteiger partial charge in [0.05, 0.1) is 12.4 Å². The summed E-state index contributed by atoms with van der Waals surface area (Å²) >= 11 is 0. The van der Waals surface area contributed by atoms with Crippen molar-refractivity contribution in [3.05, 3.63) is 34.7 Å². The third-order valence-electron chi connectivity index (χ3n) is 1.38. The van der Waals surface area contributed by atoms with E-state index in [0.717, 1.165) is 0 Å². The van der Waals surface area contributed by atoms with Crippen LogP contribution in [0.5, 0.6) is 5.75 Å². The molecular formula is C8H9N5O. The number of hydrogen-bond donors (Lipinski definition) is 1. The molecule has 0 bridgehead atoms. The van der Waals surface area contributed by atoms with Crippen molar-refractivity contribution in [2.45, 2.75) is 6.42 Å². The molecule has 1 N–H and O–H groups in total. The van der Waals surface area contributed by atoms with E-state index in [1.165, 1.54) is 12.4 Å². The molecule has 72 valence electrons. The van der Waals surface area contributed by atoms with Crippen molar-refractivity contribution in [2.75, 3.05) is 6.54 Å². The predicted octanol–water partition coefficient (Wildman–Crippen LogP) is 1.90. The van der Waals surface area contributed by atoms with Crippen molar-refractivity contribution in [3.63, 3.8) is 0 Å². The molecule has 0 saturated heterocycles. The van der Waals surface area contributed by atoms with Crippen LogP contribution in [0, 0.1) is 0 Å². The van der Waals surface area contributed by atoms with Crippen LogP contribution in [-0.2, 0) is 0 Å². The van der Waals surface area contributed by atoms with Crippen molar-refractivity contribution >= 4 is 6.08 Å². The van der Waals surface area contributed by atoms with Gasteiger partial charge in [0.15, 0.2) is 11.6 Å². The predicted molar refractivity (Wildman–Crippen MR) is 51.4 cm³/mol. The number of hydrogen-bond acceptors (Lipinski definition) is 4. The van der Waals surface area contributed by atoms with Crippen LogP contribution in [0.4, 0.5) is 0 Å². The second kappa shape index (κ2) is 5.55. The Labute approximate surface area is 80.6 Å². The SMILES string of the molecule is [N-]=[N+]=NCCC=Cc1ncc(O)cn1. The van der Waals surface area contributed by atoms with Gasteiger partial charge in [-0.3, -0.25) is 0 Å². The Bertz CT molecular complexity index is 352. The van der Waals surface area contributed by atoms with E-state index in [-0.39, 0.29) is 5.75 Å². The first-order chi connectivity index (χ1) is 6.83. The maximum absolute atomic E-state index is 8.89. The molecule has 14 heavy (non-hydrogen) atoms. The average molecular weight is 191 g/mol. The van der Waals surface area contributed by atoms with Crippen LogP contribution in [0.1, 0.15) is 12.2 Å². The first-order valence-electron chi connectivity index (χ1n) is 4.01. The summed E-state index contributed by atoms with van der Waals surface area (Å²) in [6.45, 7) is 0.422. The van der Waals surface area contributed by atoms with Crippen LogP contribution < -0.4 is 0 Å². The molecule has 0 fully saturated rings. The van der Waals surface area contributed by atoms with Crippen LogP contribution in [0.2, 0.25) is 0 Å². The minimum Gasteiger partial charge on any atom is -0.505 e. The first kappa shape index (κ1) is 10.0. The lowest BCUT2D eigenvalue weighted by atomic mass is 10.3. The van der Waals surface area contributed by atoms with Crippen LogP contribution >= 0.6 is 0 Å². The van der Waals surface area contributed by atoms with Gasteiger partial charge in [0, 0.05) is 11.5 Å². The molecule has 0 aliphatic carbocycles. The molecular weight excluding hydrogens is 182 g/mol. The summed E-state index contributed by atoms with van der Waals surface area (Å²) in [5.74, 6) is 0.556. The van der Waals surface area contributed by atoms with Crippen LogP contribution in [0.25, 0.3) is 16.5 Å². The molecule has 1 rings (SSSR count). The van der Waals surface area contributed by atoms with E-state index in [4.69, 9.17) is 10.6 Å². The quantitative estimate of drug-likeness (QED) is 0.340. The molecule has 0 aliphatic rings. The molecule has 6 nitrogen and oxygen atoms in total. The largest absolute Gasteiger partial charge is 0.505 e. The molecule has 0 atom stereocenters. The Morgan fingerprint density at radius 3 is 2.86 bits per heavy atom. The molecule has 1 aromatic heterocycles. The summed E-state index contributed by atoms with van der Waals surface area (Å²) in [5.41, 5.74) is 7.99. The second-order valence-electron chi connectivity index (χ2n) is 2.44. The summed E-state index contributed by atoms with van der Waals surface area (Å²) < 4.78 is 0. The molecule has 0 amide bonds. The fraction of sp³-hybridized carbons (Fsp3) is 0.250. The molecule has 1 aromatic rings. The zero-order valence-corrected chi connectivity index (χ0v) is 7.41. The summed E-state index contributed by atoms with van der Waals surface area (Å²) in [6, 6.07) is 0. The zero-order chi connectivity index (χ0) is 10.2. The van der Waals surface area contributed by atoms with Crippen LogP contribution in [0.15, 0.2) is 23.6 Å². The minimum atomic E-state index is 0.0382. The topological polar surface area (TPSA) is 94.8 Å². The summed E-state index contributed by atoms with van der Waals surface area (Å²) in [4.78, 5) is 10.3. The summed E-state index contributed by atoms with van der Waals surface area (Å²) in [6.07, 6.45) is 6.79. The summed E-state index contributed by atoms with van der Waals surface area (Å²) in [7, 11) is 0. The molecule has 0 aliphatic heterocycles. The van der Waals surface area contributed by atoms with Crippen molar-refractivity contribution in [1.29, 1.82) is 0 Å². The van der Waals surface area contributed by atoms with E-state index in [1.807, 2.05) is 0 Å². The number of aromatic hydroxyl groups is 1. The Morgan fingerprint density at radius 1 is 1.50 bits per heavy atom. The highest BCUT2D eigenvalue weighted by Crippen LogP contribution is 2.03. The number of aromatic nitrogens is 2. The van der Waals surface area contributed by atoms with E-state index in [9.17, 15) is 0 Å². The standard InChI is InChI=1S/C8H9N5O/c9-13-12-4-2-1-3-8-10-5-7(14)6-11-8/h1,3,5-6,14H,2,4H2. The van der Waals surface area contributed by atoms with Gasteiger partial charge in [-0.1, -0.05) is 11.2 Å². The van der Waals surface area contributed by atoms with Crippen molar-refractivity contribution in [3.8, 4) is 5.75 Å². The van der Waals surface area contributed by atoms with E-state index < -0.39 is 0 Å². The molecule has 6 heteroatoms. The highest BCUT2D eigenvalue weighted by Gasteiger charge is 1.89. The number of azide groups is 1. The lowest BCUT2D eigenvalue weighted by Gasteiger charge is -1.91. The monoisotopic (exact) mass is 191 g/mol. The fourth-order valence-electron chi connectivity index (χ4n) is 0.783. The van der Waals surface area contributed by atoms with E-state index in [2.05, 4.69) is 20.0 Å². The Morgan fingerprint density at radius 2 is 2.21 bits per heavy atom. The van der Waals surface area contributed by atoms with Gasteiger partial charge in [-0.25, -0.2) is 9.97 Å². The smallest absolute Gasteiger partial charge is 0.152 e. The average Bonchev–Trinajstić information content (AvgIpc) is 2.21. The molecule has 1 heterocycles. The third kappa shape index (κ3) is 3.55. The van der Waals surface area contributed by atoms with Crippen molar-refractivity contribution in [2.24, 2.45) is 5.11 Å². The highest BCUT2D eigenvalue weighted by molar-refractivity contribution is 5.39. The van der Waals surface area contributed by atoms with Crippen molar-refractivity contribution < 1.29 is 5.11 Å². The Hall–Kier alpha value is -2.07. The van der Waals surface area contributed by atoms with Crippen molar-refractivity contribution in [1.82, 2.24) is 9.97 Å². The Balaban J connectivity index is 2.43. The molecule has 0 saturated carbocycles. The molecule has 0 spiro atoms. The van der Waals surface area contributed by atoms with Gasteiger partial charge in [-0.2, -0.15) is 0 Å². The lowest BCUT2D eigenvalue weighted by molar-refractivity contribution is 0.469. The highest BCUT2D eigenvalue weighted by atomic mass is 16.3. The molecule has 0 unspecified atom stereocenters. The second-order valence-corrected chi connectivity index (χ2v) is 2.44. The zero-order valence-electron chi connectivity index (χ0n) is 7.41. The van der Waals surface area contributed by atoms with E-state index >= 15 is 0 Å². The van der Waals surface area contributed by atoms with Gasteiger partial charge in [0.2, 0.25) is 0 Å². The van der Waals surface area contributed by atoms with Gasteiger partial charge < -0.3 is 5.11 Å². The van der Waals surface area contributed by atoms with Gasteiger partial charge in [-0.15, -0.1) is 0 Å². The minimum absolute atomic E-state index is 0.0382. The van der Waals surface area contributed by atoms with Gasteiger partial charge in [-0.05, 0) is 18.0 Å². The number of nitrogens with zero attached hydrogens (tertiary/aromatic N) is 5. The fourth-order valence-corrected chi connectivity index (χ4v) is 0.783. The Kier molecular flexibility index (Phi) is 3.97. The van der Waals surface area contributed by atoms with Gasteiger partial charge in [0.1, 0.15) is 0 Å². The van der Waals surface area contributed by atoms with Crippen LogP contribution in [-0.4, -0.2) is 21.6 Å². The van der Waals surface area contributed by atoms with E-state index in [0.29, 0.717) is 18.8 Å². The van der Waals surface area contributed by atoms with Gasteiger partial charge >= 0.3 is 0 Å². The number of rotatable bonds is 4. The molecule has 0 radical (unpaired) electrons. The third-order valence-corrected chi connectivity index (χ3v) is 1.38. The maximum Gasteiger partial charge on any atom is 0.152 e. The lowest BCUT2D eigenvalue weighted by Crippen LogP contribution is -1.84. The van der Waals surface area contributed by atoms with Crippen LogP contribution in [0.3, 0.4) is 0 Å². The molecule has 0 aromatic carbocycles. The summed E-state index contributed by atoms with van der Waals surface area (Å²) in [5, 5.41) is 12.3. The normalized spacial score (nSPS) is 10.0. The van der Waals surface area contributed by atoms with E-state index in [1.54, 1.807) is 12.2 Å². The first-order valence-corrected chi connectivity index (χ1v) is 4.01. The van der Waals surface area contributed by atoms with Gasteiger partial charge in [0.25, 0.3) is 0 Å².